The van der Waals surface area contributed by atoms with E-state index in [0.29, 0.717) is 0 Å². The Morgan fingerprint density at radius 1 is 1.23 bits per heavy atom. The monoisotopic (exact) mass is 313 g/mol. The summed E-state index contributed by atoms with van der Waals surface area (Å²) in [7, 11) is 0. The van der Waals surface area contributed by atoms with Gasteiger partial charge in [0.05, 0.1) is 5.56 Å². The smallest absolute Gasteiger partial charge is 0.256 e. The van der Waals surface area contributed by atoms with Crippen molar-refractivity contribution >= 4 is 22.9 Å². The van der Waals surface area contributed by atoms with E-state index in [9.17, 15) is 4.79 Å². The van der Waals surface area contributed by atoms with Crippen molar-refractivity contribution in [3.63, 3.8) is 0 Å². The zero-order valence-electron chi connectivity index (χ0n) is 13.7. The van der Waals surface area contributed by atoms with E-state index >= 15 is 0 Å². The van der Waals surface area contributed by atoms with Crippen LogP contribution in [0.15, 0.2) is 17.5 Å². The summed E-state index contributed by atoms with van der Waals surface area (Å²) in [6.45, 7) is 8.49. The molecule has 3 heteroatoms. The van der Waals surface area contributed by atoms with Crippen LogP contribution in [0.2, 0.25) is 0 Å². The van der Waals surface area contributed by atoms with Crippen molar-refractivity contribution in [2.75, 3.05) is 5.32 Å². The summed E-state index contributed by atoms with van der Waals surface area (Å²) >= 11 is 1.74. The molecule has 1 amide bonds. The highest BCUT2D eigenvalue weighted by molar-refractivity contribution is 7.10. The Morgan fingerprint density at radius 3 is 2.59 bits per heavy atom. The first kappa shape index (κ1) is 15.3. The van der Waals surface area contributed by atoms with Gasteiger partial charge in [-0.15, -0.1) is 11.3 Å². The van der Waals surface area contributed by atoms with Gasteiger partial charge in [-0.3, -0.25) is 4.79 Å². The van der Waals surface area contributed by atoms with Crippen molar-refractivity contribution in [2.45, 2.75) is 47.0 Å². The molecule has 22 heavy (non-hydrogen) atoms. The van der Waals surface area contributed by atoms with Crippen molar-refractivity contribution in [1.29, 1.82) is 0 Å². The second-order valence-corrected chi connectivity index (χ2v) is 7.59. The number of benzene rings is 1. The number of anilines is 1. The van der Waals surface area contributed by atoms with Crippen LogP contribution in [0.5, 0.6) is 0 Å². The van der Waals surface area contributed by atoms with E-state index < -0.39 is 0 Å². The van der Waals surface area contributed by atoms with E-state index in [-0.39, 0.29) is 5.91 Å². The van der Waals surface area contributed by atoms with E-state index in [2.05, 4.69) is 45.1 Å². The van der Waals surface area contributed by atoms with Gasteiger partial charge in [0.15, 0.2) is 0 Å². The third-order valence-corrected chi connectivity index (χ3v) is 5.61. The molecule has 1 aliphatic rings. The van der Waals surface area contributed by atoms with Gasteiger partial charge in [0.2, 0.25) is 0 Å². The SMILES string of the molecule is Cc1cc(C)c(NC(=O)c2csc3c2CCC(C)C3)c(C)c1. The first-order valence-electron chi connectivity index (χ1n) is 7.94. The lowest BCUT2D eigenvalue weighted by molar-refractivity contribution is 0.102. The molecule has 0 radical (unpaired) electrons. The number of fused-ring (bicyclic) bond motifs is 1. The molecule has 0 bridgehead atoms. The Kier molecular flexibility index (Phi) is 4.09. The number of rotatable bonds is 2. The van der Waals surface area contributed by atoms with Gasteiger partial charge in [-0.2, -0.15) is 0 Å². The van der Waals surface area contributed by atoms with Crippen molar-refractivity contribution < 1.29 is 4.79 Å². The van der Waals surface area contributed by atoms with Gasteiger partial charge in [0.25, 0.3) is 5.91 Å². The van der Waals surface area contributed by atoms with E-state index in [1.165, 1.54) is 22.4 Å². The molecule has 0 saturated carbocycles. The maximum absolute atomic E-state index is 12.7. The third kappa shape index (κ3) is 2.82. The van der Waals surface area contributed by atoms with E-state index in [1.807, 2.05) is 5.38 Å². The highest BCUT2D eigenvalue weighted by atomic mass is 32.1. The molecule has 2 aromatic rings. The molecule has 1 aromatic heterocycles. The zero-order chi connectivity index (χ0) is 15.9. The second kappa shape index (κ2) is 5.88. The highest BCUT2D eigenvalue weighted by Gasteiger charge is 2.23. The largest absolute Gasteiger partial charge is 0.321 e. The minimum atomic E-state index is 0.0436. The van der Waals surface area contributed by atoms with Crippen LogP contribution >= 0.6 is 11.3 Å². The van der Waals surface area contributed by atoms with Crippen molar-refractivity contribution in [1.82, 2.24) is 0 Å². The Hall–Kier alpha value is -1.61. The maximum Gasteiger partial charge on any atom is 0.256 e. The van der Waals surface area contributed by atoms with Crippen LogP contribution in [0.25, 0.3) is 0 Å². The van der Waals surface area contributed by atoms with E-state index in [4.69, 9.17) is 0 Å². The Morgan fingerprint density at radius 2 is 1.91 bits per heavy atom. The van der Waals surface area contributed by atoms with Crippen molar-refractivity contribution in [2.24, 2.45) is 5.92 Å². The fourth-order valence-electron chi connectivity index (χ4n) is 3.43. The fraction of sp³-hybridized carbons (Fsp3) is 0.421. The highest BCUT2D eigenvalue weighted by Crippen LogP contribution is 2.33. The summed E-state index contributed by atoms with van der Waals surface area (Å²) in [5, 5.41) is 5.18. The summed E-state index contributed by atoms with van der Waals surface area (Å²) < 4.78 is 0. The molecular formula is C19H23NOS. The maximum atomic E-state index is 12.7. The molecule has 1 heterocycles. The average Bonchev–Trinajstić information content (AvgIpc) is 2.85. The van der Waals surface area contributed by atoms with Crippen LogP contribution in [0.1, 0.15) is 50.8 Å². The number of nitrogens with one attached hydrogen (secondary N) is 1. The van der Waals surface area contributed by atoms with Crippen LogP contribution in [0, 0.1) is 26.7 Å². The molecule has 1 aromatic carbocycles. The summed E-state index contributed by atoms with van der Waals surface area (Å²) in [4.78, 5) is 14.1. The quantitative estimate of drug-likeness (QED) is 0.826. The van der Waals surface area contributed by atoms with Crippen molar-refractivity contribution in [3.8, 4) is 0 Å². The number of carbonyl (C=O) groups excluding carboxylic acids is 1. The van der Waals surface area contributed by atoms with Gasteiger partial charge in [0.1, 0.15) is 0 Å². The molecule has 1 atom stereocenters. The van der Waals surface area contributed by atoms with Crippen LogP contribution in [-0.2, 0) is 12.8 Å². The number of carbonyl (C=O) groups is 1. The number of thiophene rings is 1. The third-order valence-electron chi connectivity index (χ3n) is 4.56. The number of hydrogen-bond donors (Lipinski definition) is 1. The Bertz CT molecular complexity index is 706. The van der Waals surface area contributed by atoms with Crippen LogP contribution in [0.3, 0.4) is 0 Å². The number of amides is 1. The molecule has 2 nitrogen and oxygen atoms in total. The van der Waals surface area contributed by atoms with Gasteiger partial charge in [-0.1, -0.05) is 24.6 Å². The first-order valence-corrected chi connectivity index (χ1v) is 8.82. The topological polar surface area (TPSA) is 29.1 Å². The summed E-state index contributed by atoms with van der Waals surface area (Å²) in [5.74, 6) is 0.783. The van der Waals surface area contributed by atoms with Crippen LogP contribution in [-0.4, -0.2) is 5.91 Å². The normalized spacial score (nSPS) is 17.2. The first-order chi connectivity index (χ1) is 10.5. The molecule has 116 valence electrons. The molecule has 1 unspecified atom stereocenters. The molecule has 0 fully saturated rings. The average molecular weight is 313 g/mol. The van der Waals surface area contributed by atoms with Gasteiger partial charge >= 0.3 is 0 Å². The molecular weight excluding hydrogens is 290 g/mol. The van der Waals surface area contributed by atoms with Gasteiger partial charge in [-0.05, 0) is 62.6 Å². The predicted octanol–water partition coefficient (Wildman–Crippen LogP) is 5.05. The second-order valence-electron chi connectivity index (χ2n) is 6.63. The lowest BCUT2D eigenvalue weighted by Crippen LogP contribution is -2.17. The number of aryl methyl sites for hydroxylation is 3. The molecule has 0 aliphatic heterocycles. The van der Waals surface area contributed by atoms with Gasteiger partial charge in [-0.25, -0.2) is 0 Å². The van der Waals surface area contributed by atoms with Gasteiger partial charge in [0, 0.05) is 15.9 Å². The van der Waals surface area contributed by atoms with E-state index in [1.54, 1.807) is 11.3 Å². The van der Waals surface area contributed by atoms with Gasteiger partial charge < -0.3 is 5.32 Å². The van der Waals surface area contributed by atoms with Crippen molar-refractivity contribution in [3.05, 3.63) is 50.2 Å². The Balaban J connectivity index is 1.87. The molecule has 1 aliphatic carbocycles. The molecule has 3 rings (SSSR count). The fourth-order valence-corrected chi connectivity index (χ4v) is 4.67. The molecule has 0 saturated heterocycles. The van der Waals surface area contributed by atoms with E-state index in [0.717, 1.165) is 41.1 Å². The lowest BCUT2D eigenvalue weighted by Gasteiger charge is -2.19. The predicted molar refractivity (Wildman–Crippen MR) is 94.1 cm³/mol. The Labute approximate surface area is 136 Å². The number of hydrogen-bond acceptors (Lipinski definition) is 2. The summed E-state index contributed by atoms with van der Waals surface area (Å²) in [6.07, 6.45) is 3.34. The lowest BCUT2D eigenvalue weighted by atomic mass is 9.88. The van der Waals surface area contributed by atoms with Crippen LogP contribution < -0.4 is 5.32 Å². The minimum absolute atomic E-state index is 0.0436. The molecule has 1 N–H and O–H groups in total. The zero-order valence-corrected chi connectivity index (χ0v) is 14.6. The summed E-state index contributed by atoms with van der Waals surface area (Å²) in [6, 6.07) is 4.24. The summed E-state index contributed by atoms with van der Waals surface area (Å²) in [5.41, 5.74) is 6.61. The van der Waals surface area contributed by atoms with Crippen LogP contribution in [0.4, 0.5) is 5.69 Å². The minimum Gasteiger partial charge on any atom is -0.321 e. The standard InChI is InChI=1S/C19H23NOS/c1-11-5-6-15-16(10-22-17(15)9-11)19(21)20-18-13(3)7-12(2)8-14(18)4/h7-8,10-11H,5-6,9H2,1-4H3,(H,20,21). The molecule has 0 spiro atoms.